The minimum absolute atomic E-state index is 0.00448. The molecule has 0 spiro atoms. The molecule has 1 saturated heterocycles. The Hall–Kier alpha value is -1.57. The smallest absolute Gasteiger partial charge is 0.188 e. The third-order valence-corrected chi connectivity index (χ3v) is 5.25. The number of hydrogen-bond acceptors (Lipinski definition) is 5. The number of pyridine rings is 1. The second-order valence-corrected chi connectivity index (χ2v) is 7.12. The van der Waals surface area contributed by atoms with Gasteiger partial charge in [-0.15, -0.1) is 0 Å². The van der Waals surface area contributed by atoms with Gasteiger partial charge in [0.1, 0.15) is 11.8 Å². The first kappa shape index (κ1) is 15.9. The van der Waals surface area contributed by atoms with Crippen molar-refractivity contribution in [3.8, 4) is 0 Å². The van der Waals surface area contributed by atoms with Gasteiger partial charge in [-0.1, -0.05) is 6.07 Å². The van der Waals surface area contributed by atoms with Crippen LogP contribution in [0.3, 0.4) is 0 Å². The molecule has 2 aromatic heterocycles. The van der Waals surface area contributed by atoms with Crippen LogP contribution in [0.4, 0.5) is 0 Å². The van der Waals surface area contributed by atoms with Crippen molar-refractivity contribution in [3.63, 3.8) is 0 Å². The van der Waals surface area contributed by atoms with Crippen LogP contribution < -0.4 is 5.32 Å². The predicted octanol–water partition coefficient (Wildman–Crippen LogP) is 2.53. The van der Waals surface area contributed by atoms with E-state index in [2.05, 4.69) is 36.4 Å². The Morgan fingerprint density at radius 3 is 2.92 bits per heavy atom. The summed E-state index contributed by atoms with van der Waals surface area (Å²) in [7, 11) is 0. The molecule has 1 aliphatic carbocycles. The van der Waals surface area contributed by atoms with Crippen LogP contribution in [0, 0.1) is 0 Å². The van der Waals surface area contributed by atoms with Crippen LogP contribution in [0.15, 0.2) is 22.8 Å². The number of H-pyrrole nitrogens is 1. The Kier molecular flexibility index (Phi) is 4.47. The highest BCUT2D eigenvalue weighted by Gasteiger charge is 2.30. The van der Waals surface area contributed by atoms with Gasteiger partial charge in [-0.05, 0) is 40.4 Å². The van der Waals surface area contributed by atoms with E-state index >= 15 is 0 Å². The van der Waals surface area contributed by atoms with Crippen LogP contribution in [0.5, 0.6) is 0 Å². The summed E-state index contributed by atoms with van der Waals surface area (Å²) in [5.41, 5.74) is 3.32. The van der Waals surface area contributed by atoms with E-state index in [1.165, 1.54) is 0 Å². The van der Waals surface area contributed by atoms with Gasteiger partial charge in [0, 0.05) is 31.6 Å². The van der Waals surface area contributed by atoms with Gasteiger partial charge in [0.05, 0.1) is 22.5 Å². The molecule has 2 aromatic rings. The Morgan fingerprint density at radius 1 is 1.38 bits per heavy atom. The number of carbonyl (C=O) groups is 1. The number of rotatable bonds is 5. The second kappa shape index (κ2) is 6.74. The molecular formula is C17H19BrN4O2. The largest absolute Gasteiger partial charge is 0.369 e. The van der Waals surface area contributed by atoms with Crippen molar-refractivity contribution in [3.05, 3.63) is 45.4 Å². The quantitative estimate of drug-likeness (QED) is 0.766. The fourth-order valence-electron chi connectivity index (χ4n) is 2.92. The van der Waals surface area contributed by atoms with Crippen LogP contribution in [-0.4, -0.2) is 40.7 Å². The Labute approximate surface area is 148 Å². The van der Waals surface area contributed by atoms with Gasteiger partial charge in [-0.25, -0.2) is 0 Å². The molecule has 0 aromatic carbocycles. The van der Waals surface area contributed by atoms with Crippen LogP contribution in [-0.2, 0) is 11.2 Å². The lowest BCUT2D eigenvalue weighted by molar-refractivity contribution is 0.0250. The van der Waals surface area contributed by atoms with Crippen molar-refractivity contribution >= 4 is 21.7 Å². The monoisotopic (exact) mass is 390 g/mol. The fourth-order valence-corrected chi connectivity index (χ4v) is 3.65. The lowest BCUT2D eigenvalue weighted by Crippen LogP contribution is -2.33. The zero-order valence-electron chi connectivity index (χ0n) is 13.2. The van der Waals surface area contributed by atoms with Gasteiger partial charge in [0.25, 0.3) is 0 Å². The summed E-state index contributed by atoms with van der Waals surface area (Å²) in [6.45, 7) is 2.35. The van der Waals surface area contributed by atoms with Gasteiger partial charge < -0.3 is 10.1 Å². The molecule has 0 unspecified atom stereocenters. The van der Waals surface area contributed by atoms with Gasteiger partial charge in [0.2, 0.25) is 0 Å². The average molecular weight is 391 g/mol. The molecular weight excluding hydrogens is 372 g/mol. The van der Waals surface area contributed by atoms with Crippen molar-refractivity contribution in [1.82, 2.24) is 20.5 Å². The topological polar surface area (TPSA) is 79.9 Å². The number of morpholine rings is 1. The lowest BCUT2D eigenvalue weighted by Gasteiger charge is -2.23. The van der Waals surface area contributed by atoms with E-state index in [0.29, 0.717) is 24.6 Å². The first-order chi connectivity index (χ1) is 11.7. The normalized spacial score (nSPS) is 21.0. The van der Waals surface area contributed by atoms with Gasteiger partial charge in [-0.2, -0.15) is 5.10 Å². The van der Waals surface area contributed by atoms with E-state index in [0.717, 1.165) is 47.4 Å². The van der Waals surface area contributed by atoms with Crippen LogP contribution in [0.2, 0.25) is 0 Å². The number of aromatic nitrogens is 3. The molecule has 1 saturated carbocycles. The molecule has 0 radical (unpaired) electrons. The van der Waals surface area contributed by atoms with Crippen molar-refractivity contribution in [2.45, 2.75) is 31.3 Å². The summed E-state index contributed by atoms with van der Waals surface area (Å²) in [6.07, 6.45) is 4.37. The highest BCUT2D eigenvalue weighted by atomic mass is 79.9. The van der Waals surface area contributed by atoms with E-state index in [1.807, 2.05) is 12.1 Å². The summed E-state index contributed by atoms with van der Waals surface area (Å²) in [4.78, 5) is 17.0. The maximum atomic E-state index is 12.5. The molecule has 2 aliphatic rings. The minimum atomic E-state index is -0.00918. The summed E-state index contributed by atoms with van der Waals surface area (Å²) in [5, 5.41) is 10.5. The molecule has 2 fully saturated rings. The number of halogens is 1. The van der Waals surface area contributed by atoms with Crippen LogP contribution >= 0.6 is 15.9 Å². The van der Waals surface area contributed by atoms with Crippen molar-refractivity contribution in [2.24, 2.45) is 0 Å². The Morgan fingerprint density at radius 2 is 2.25 bits per heavy atom. The number of ether oxygens (including phenoxy) is 1. The van der Waals surface area contributed by atoms with Crippen molar-refractivity contribution in [2.75, 3.05) is 19.7 Å². The van der Waals surface area contributed by atoms with Crippen LogP contribution in [0.25, 0.3) is 0 Å². The van der Waals surface area contributed by atoms with Crippen molar-refractivity contribution in [1.29, 1.82) is 0 Å². The third kappa shape index (κ3) is 3.29. The number of hydrogen-bond donors (Lipinski definition) is 2. The van der Waals surface area contributed by atoms with E-state index in [9.17, 15) is 4.79 Å². The third-order valence-electron chi connectivity index (χ3n) is 4.45. The molecule has 24 heavy (non-hydrogen) atoms. The Bertz CT molecular complexity index is 734. The lowest BCUT2D eigenvalue weighted by atomic mass is 10.1. The van der Waals surface area contributed by atoms with E-state index < -0.39 is 0 Å². The number of ketones is 1. The molecule has 3 heterocycles. The first-order valence-corrected chi connectivity index (χ1v) is 9.06. The summed E-state index contributed by atoms with van der Waals surface area (Å²) in [6, 6.07) is 3.88. The summed E-state index contributed by atoms with van der Waals surface area (Å²) >= 11 is 3.52. The highest BCUT2D eigenvalue weighted by molar-refractivity contribution is 9.10. The maximum absolute atomic E-state index is 12.5. The van der Waals surface area contributed by atoms with Crippen molar-refractivity contribution < 1.29 is 9.53 Å². The molecule has 7 heteroatoms. The average Bonchev–Trinajstić information content (AvgIpc) is 3.38. The van der Waals surface area contributed by atoms with E-state index in [4.69, 9.17) is 4.74 Å². The molecule has 1 aliphatic heterocycles. The predicted molar refractivity (Wildman–Crippen MR) is 92.1 cm³/mol. The van der Waals surface area contributed by atoms with Gasteiger partial charge in [0.15, 0.2) is 5.78 Å². The number of aromatic amines is 1. The molecule has 2 N–H and O–H groups in total. The van der Waals surface area contributed by atoms with Gasteiger partial charge >= 0.3 is 0 Å². The summed E-state index contributed by atoms with van der Waals surface area (Å²) in [5.74, 6) is 0.522. The number of Topliss-reactive ketones (excluding diaryl/α,β-unsaturated/α-hetero) is 1. The zero-order valence-corrected chi connectivity index (χ0v) is 14.8. The molecule has 0 amide bonds. The summed E-state index contributed by atoms with van der Waals surface area (Å²) < 4.78 is 6.51. The standard InChI is InChI=1S/C17H19BrN4O2/c18-15-16(11-2-3-11)21-22-17(15)13(23)7-10-1-4-12(20-8-10)14-9-19-5-6-24-14/h1,4,8,11,14,19H,2-3,5-7,9H2,(H,21,22)/t14-/m1/s1. The maximum Gasteiger partial charge on any atom is 0.188 e. The van der Waals surface area contributed by atoms with Crippen LogP contribution in [0.1, 0.15) is 52.3 Å². The van der Waals surface area contributed by atoms with E-state index in [1.54, 1.807) is 6.20 Å². The number of carbonyl (C=O) groups excluding carboxylic acids is 1. The first-order valence-electron chi connectivity index (χ1n) is 8.26. The fraction of sp³-hybridized carbons (Fsp3) is 0.471. The molecule has 4 rings (SSSR count). The molecule has 126 valence electrons. The molecule has 1 atom stereocenters. The highest BCUT2D eigenvalue weighted by Crippen LogP contribution is 2.43. The zero-order chi connectivity index (χ0) is 16.5. The second-order valence-electron chi connectivity index (χ2n) is 6.33. The Balaban J connectivity index is 1.43. The number of nitrogens with zero attached hydrogens (tertiary/aromatic N) is 2. The number of nitrogens with one attached hydrogen (secondary N) is 2. The van der Waals surface area contributed by atoms with Gasteiger partial charge in [-0.3, -0.25) is 14.9 Å². The molecule has 6 nitrogen and oxygen atoms in total. The minimum Gasteiger partial charge on any atom is -0.369 e. The molecule has 0 bridgehead atoms. The SMILES string of the molecule is O=C(Cc1ccc([C@H]2CNCCO2)nc1)c1n[nH]c(C2CC2)c1Br. The van der Waals surface area contributed by atoms with E-state index in [-0.39, 0.29) is 11.9 Å².